The summed E-state index contributed by atoms with van der Waals surface area (Å²) in [6, 6.07) is 5.55. The monoisotopic (exact) mass is 181 g/mol. The van der Waals surface area contributed by atoms with Gasteiger partial charge in [-0.15, -0.1) is 0 Å². The topological polar surface area (TPSA) is 44.5 Å². The molecule has 0 saturated carbocycles. The highest BCUT2D eigenvalue weighted by atomic mass is 16.5. The van der Waals surface area contributed by atoms with E-state index >= 15 is 0 Å². The van der Waals surface area contributed by atoms with Crippen LogP contribution < -0.4 is 15.2 Å². The van der Waals surface area contributed by atoms with Crippen LogP contribution in [0, 0.1) is 0 Å². The van der Waals surface area contributed by atoms with Gasteiger partial charge >= 0.3 is 0 Å². The fourth-order valence-electron chi connectivity index (χ4n) is 1.20. The second-order valence-electron chi connectivity index (χ2n) is 2.90. The summed E-state index contributed by atoms with van der Waals surface area (Å²) < 4.78 is 10.3. The van der Waals surface area contributed by atoms with Gasteiger partial charge in [-0.3, -0.25) is 0 Å². The first kappa shape index (κ1) is 9.86. The van der Waals surface area contributed by atoms with E-state index in [-0.39, 0.29) is 6.04 Å². The minimum atomic E-state index is -0.0509. The molecule has 0 saturated heterocycles. The van der Waals surface area contributed by atoms with Crippen molar-refractivity contribution in [1.29, 1.82) is 0 Å². The van der Waals surface area contributed by atoms with E-state index in [9.17, 15) is 0 Å². The van der Waals surface area contributed by atoms with Gasteiger partial charge in [0.1, 0.15) is 11.5 Å². The van der Waals surface area contributed by atoms with Gasteiger partial charge in [-0.25, -0.2) is 0 Å². The number of benzene rings is 1. The molecular weight excluding hydrogens is 166 g/mol. The lowest BCUT2D eigenvalue weighted by atomic mass is 10.1. The zero-order chi connectivity index (χ0) is 9.84. The van der Waals surface area contributed by atoms with E-state index in [2.05, 4.69) is 0 Å². The van der Waals surface area contributed by atoms with Gasteiger partial charge in [-0.1, -0.05) is 0 Å². The summed E-state index contributed by atoms with van der Waals surface area (Å²) in [6.45, 7) is 1.91. The average molecular weight is 181 g/mol. The van der Waals surface area contributed by atoms with E-state index < -0.39 is 0 Å². The molecule has 13 heavy (non-hydrogen) atoms. The summed E-state index contributed by atoms with van der Waals surface area (Å²) in [4.78, 5) is 0. The molecule has 1 aromatic carbocycles. The Morgan fingerprint density at radius 2 is 1.92 bits per heavy atom. The van der Waals surface area contributed by atoms with Gasteiger partial charge in [0.15, 0.2) is 0 Å². The van der Waals surface area contributed by atoms with Crippen LogP contribution >= 0.6 is 0 Å². The number of rotatable bonds is 3. The summed E-state index contributed by atoms with van der Waals surface area (Å²) in [7, 11) is 3.26. The van der Waals surface area contributed by atoms with Crippen LogP contribution in [0.3, 0.4) is 0 Å². The van der Waals surface area contributed by atoms with Crippen LogP contribution in [-0.4, -0.2) is 14.2 Å². The Balaban J connectivity index is 3.10. The number of ether oxygens (including phenoxy) is 2. The Hall–Kier alpha value is -1.22. The third kappa shape index (κ3) is 2.12. The number of hydrogen-bond acceptors (Lipinski definition) is 3. The fourth-order valence-corrected chi connectivity index (χ4v) is 1.20. The van der Waals surface area contributed by atoms with Crippen molar-refractivity contribution in [1.82, 2.24) is 0 Å². The van der Waals surface area contributed by atoms with Crippen molar-refractivity contribution in [2.45, 2.75) is 13.0 Å². The van der Waals surface area contributed by atoms with Gasteiger partial charge in [-0.05, 0) is 25.1 Å². The molecule has 0 fully saturated rings. The smallest absolute Gasteiger partial charge is 0.123 e. The maximum absolute atomic E-state index is 5.78. The van der Waals surface area contributed by atoms with Crippen molar-refractivity contribution in [2.24, 2.45) is 5.73 Å². The molecule has 0 aliphatic heterocycles. The Bertz CT molecular complexity index is 284. The zero-order valence-electron chi connectivity index (χ0n) is 8.20. The van der Waals surface area contributed by atoms with Crippen LogP contribution in [0.25, 0.3) is 0 Å². The molecule has 3 heteroatoms. The van der Waals surface area contributed by atoms with E-state index in [4.69, 9.17) is 15.2 Å². The standard InChI is InChI=1S/C10H15NO2/c1-7(11)9-6-8(12-2)4-5-10(9)13-3/h4-7H,11H2,1-3H3/t7-/m1/s1. The number of methoxy groups -OCH3 is 2. The van der Waals surface area contributed by atoms with Crippen LogP contribution in [0.15, 0.2) is 18.2 Å². The van der Waals surface area contributed by atoms with E-state index in [1.54, 1.807) is 14.2 Å². The van der Waals surface area contributed by atoms with E-state index in [0.29, 0.717) is 0 Å². The van der Waals surface area contributed by atoms with E-state index in [1.807, 2.05) is 25.1 Å². The SMILES string of the molecule is COc1ccc(OC)c([C@@H](C)N)c1. The van der Waals surface area contributed by atoms with Gasteiger partial charge in [0, 0.05) is 11.6 Å². The maximum atomic E-state index is 5.78. The Labute approximate surface area is 78.5 Å². The Morgan fingerprint density at radius 1 is 1.23 bits per heavy atom. The number of hydrogen-bond donors (Lipinski definition) is 1. The molecule has 0 bridgehead atoms. The molecule has 0 unspecified atom stereocenters. The summed E-state index contributed by atoms with van der Waals surface area (Å²) >= 11 is 0. The summed E-state index contributed by atoms with van der Waals surface area (Å²) in [5.41, 5.74) is 6.74. The fraction of sp³-hybridized carbons (Fsp3) is 0.400. The predicted molar refractivity (Wildman–Crippen MR) is 52.1 cm³/mol. The Morgan fingerprint density at radius 3 is 2.38 bits per heavy atom. The quantitative estimate of drug-likeness (QED) is 0.772. The molecule has 1 rings (SSSR count). The third-order valence-corrected chi connectivity index (χ3v) is 1.93. The Kier molecular flexibility index (Phi) is 3.14. The zero-order valence-corrected chi connectivity index (χ0v) is 8.20. The predicted octanol–water partition coefficient (Wildman–Crippen LogP) is 1.72. The molecule has 0 radical (unpaired) electrons. The first-order chi connectivity index (χ1) is 6.19. The van der Waals surface area contributed by atoms with Crippen molar-refractivity contribution < 1.29 is 9.47 Å². The summed E-state index contributed by atoms with van der Waals surface area (Å²) in [5, 5.41) is 0. The molecule has 0 aliphatic carbocycles. The van der Waals surface area contributed by atoms with Gasteiger partial charge < -0.3 is 15.2 Å². The molecule has 0 aromatic heterocycles. The summed E-state index contributed by atoms with van der Waals surface area (Å²) in [6.07, 6.45) is 0. The highest BCUT2D eigenvalue weighted by molar-refractivity contribution is 5.41. The van der Waals surface area contributed by atoms with Crippen molar-refractivity contribution >= 4 is 0 Å². The highest BCUT2D eigenvalue weighted by Gasteiger charge is 2.08. The lowest BCUT2D eigenvalue weighted by Gasteiger charge is -2.12. The summed E-state index contributed by atoms with van der Waals surface area (Å²) in [5.74, 6) is 1.60. The highest BCUT2D eigenvalue weighted by Crippen LogP contribution is 2.27. The minimum absolute atomic E-state index is 0.0509. The van der Waals surface area contributed by atoms with Crippen LogP contribution in [0.5, 0.6) is 11.5 Å². The normalized spacial score (nSPS) is 12.3. The largest absolute Gasteiger partial charge is 0.497 e. The lowest BCUT2D eigenvalue weighted by Crippen LogP contribution is -2.07. The van der Waals surface area contributed by atoms with Crippen LogP contribution in [0.1, 0.15) is 18.5 Å². The minimum Gasteiger partial charge on any atom is -0.497 e. The maximum Gasteiger partial charge on any atom is 0.123 e. The van der Waals surface area contributed by atoms with E-state index in [0.717, 1.165) is 17.1 Å². The second kappa shape index (κ2) is 4.14. The average Bonchev–Trinajstić information content (AvgIpc) is 2.16. The van der Waals surface area contributed by atoms with E-state index in [1.165, 1.54) is 0 Å². The molecule has 1 atom stereocenters. The molecule has 0 spiro atoms. The molecule has 0 aliphatic rings. The molecule has 72 valence electrons. The lowest BCUT2D eigenvalue weighted by molar-refractivity contribution is 0.396. The van der Waals surface area contributed by atoms with Crippen LogP contribution in [-0.2, 0) is 0 Å². The van der Waals surface area contributed by atoms with Crippen LogP contribution in [0.2, 0.25) is 0 Å². The van der Waals surface area contributed by atoms with Crippen molar-refractivity contribution in [3.8, 4) is 11.5 Å². The first-order valence-electron chi connectivity index (χ1n) is 4.16. The van der Waals surface area contributed by atoms with Crippen molar-refractivity contribution in [2.75, 3.05) is 14.2 Å². The molecule has 3 nitrogen and oxygen atoms in total. The molecular formula is C10H15NO2. The van der Waals surface area contributed by atoms with Crippen molar-refractivity contribution in [3.63, 3.8) is 0 Å². The van der Waals surface area contributed by atoms with Gasteiger partial charge in [0.25, 0.3) is 0 Å². The molecule has 1 aromatic rings. The molecule has 0 heterocycles. The van der Waals surface area contributed by atoms with Crippen LogP contribution in [0.4, 0.5) is 0 Å². The second-order valence-corrected chi connectivity index (χ2v) is 2.90. The van der Waals surface area contributed by atoms with Crippen molar-refractivity contribution in [3.05, 3.63) is 23.8 Å². The molecule has 2 N–H and O–H groups in total. The van der Waals surface area contributed by atoms with Gasteiger partial charge in [0.05, 0.1) is 14.2 Å². The third-order valence-electron chi connectivity index (χ3n) is 1.93. The molecule has 0 amide bonds. The van der Waals surface area contributed by atoms with Gasteiger partial charge in [-0.2, -0.15) is 0 Å². The number of nitrogens with two attached hydrogens (primary N) is 1. The first-order valence-corrected chi connectivity index (χ1v) is 4.16. The van der Waals surface area contributed by atoms with Gasteiger partial charge in [0.2, 0.25) is 0 Å².